The fourth-order valence-corrected chi connectivity index (χ4v) is 15.7. The molecule has 1 heterocycles. The Labute approximate surface area is 279 Å². The summed E-state index contributed by atoms with van der Waals surface area (Å²) in [6, 6.07) is 0. The molecule has 0 atom stereocenters. The molecule has 0 aliphatic carbocycles. The highest BCUT2D eigenvalue weighted by molar-refractivity contribution is 8.05. The Bertz CT molecular complexity index is 1260. The molecule has 1 aliphatic rings. The summed E-state index contributed by atoms with van der Waals surface area (Å²) < 4.78 is 338. The highest BCUT2D eigenvalue weighted by Gasteiger charge is 2.78. The molecule has 0 aromatic carbocycles. The topological polar surface area (TPSA) is 64.8 Å². The molecule has 0 saturated carbocycles. The van der Waals surface area contributed by atoms with Crippen LogP contribution in [0.1, 0.15) is 0 Å². The van der Waals surface area contributed by atoms with Gasteiger partial charge in [-0.3, -0.25) is 0 Å². The van der Waals surface area contributed by atoms with E-state index in [1.54, 1.807) is 0 Å². The fourth-order valence-electron chi connectivity index (χ4n) is 2.52. The normalized spacial score (nSPS) is 25.3. The van der Waals surface area contributed by atoms with Crippen LogP contribution >= 0.6 is 54.1 Å². The Hall–Kier alpha value is -0.240. The second kappa shape index (κ2) is 14.7. The number of alkyl halides is 24. The third-order valence-electron chi connectivity index (χ3n) is 5.35. The first-order valence-corrected chi connectivity index (χ1v) is 18.8. The SMILES string of the molecule is FC(F)C(F)(F)C(F)(F)C(F)(F)COP1(Cl)=NP(Cl)(OCC(F)(F)C(F)(F)C(F)(F)C(F)F)=NP(Cl)(OCC(F)(F)C(F)(F)C(F)(F)C(F)F)=N1. The summed E-state index contributed by atoms with van der Waals surface area (Å²) in [7, 11) is 0. The average Bonchev–Trinajstić information content (AvgIpc) is 2.93. The lowest BCUT2D eigenvalue weighted by molar-refractivity contribution is -0.342. The quantitative estimate of drug-likeness (QED) is 0.102. The van der Waals surface area contributed by atoms with Crippen molar-refractivity contribution >= 4 is 54.1 Å². The van der Waals surface area contributed by atoms with E-state index in [0.29, 0.717) is 0 Å². The van der Waals surface area contributed by atoms with E-state index in [0.717, 1.165) is 0 Å². The third-order valence-corrected chi connectivity index (χ3v) is 16.5. The average molecular weight is 934 g/mol. The van der Waals surface area contributed by atoms with Crippen molar-refractivity contribution in [2.75, 3.05) is 19.8 Å². The molecule has 0 N–H and O–H groups in total. The molecular formula is C15H9Cl3F24N3O3P3. The summed E-state index contributed by atoms with van der Waals surface area (Å²) in [4.78, 5) is 0. The van der Waals surface area contributed by atoms with E-state index in [9.17, 15) is 105 Å². The smallest absolute Gasteiger partial charge is 0.309 e. The van der Waals surface area contributed by atoms with E-state index >= 15 is 0 Å². The fraction of sp³-hybridized carbons (Fsp3) is 1.00. The highest BCUT2D eigenvalue weighted by atomic mass is 35.7. The maximum atomic E-state index is 14.0. The first-order chi connectivity index (χ1) is 22.1. The van der Waals surface area contributed by atoms with Gasteiger partial charge in [0.1, 0.15) is 19.8 Å². The summed E-state index contributed by atoms with van der Waals surface area (Å²) in [5.41, 5.74) is 0. The Morgan fingerprint density at radius 3 is 0.667 bits per heavy atom. The predicted octanol–water partition coefficient (Wildman–Crippen LogP) is 13.1. The van der Waals surface area contributed by atoms with Crippen molar-refractivity contribution < 1.29 is 119 Å². The van der Waals surface area contributed by atoms with Crippen LogP contribution in [0.15, 0.2) is 13.5 Å². The maximum absolute atomic E-state index is 14.0. The van der Waals surface area contributed by atoms with E-state index in [4.69, 9.17) is 33.7 Å². The standard InChI is InChI=1S/C15H9Cl3F24N3O3P3/c16-49(46-1-7(25,26)13(37,38)10(31,32)4(19)20)43-50(17,47-2-8(27,28)14(39,40)11(33,34)5(21)22)45-51(18,44-49)48-3-9(29,30)15(41,42)12(35,36)6(23)24/h4-6H,1-3H2. The van der Waals surface area contributed by atoms with Crippen molar-refractivity contribution in [3.05, 3.63) is 0 Å². The van der Waals surface area contributed by atoms with E-state index < -0.39 is 113 Å². The number of nitrogens with zero attached hydrogens (tertiary/aromatic N) is 3. The zero-order valence-electron chi connectivity index (χ0n) is 22.5. The summed E-state index contributed by atoms with van der Waals surface area (Å²) in [6.07, 6.45) is -16.7. The van der Waals surface area contributed by atoms with Crippen LogP contribution < -0.4 is 0 Å². The minimum atomic E-state index is -7.19. The lowest BCUT2D eigenvalue weighted by Gasteiger charge is -2.35. The molecule has 0 amide bonds. The van der Waals surface area contributed by atoms with Gasteiger partial charge in [-0.2, -0.15) is 92.6 Å². The van der Waals surface area contributed by atoms with E-state index in [2.05, 4.69) is 27.1 Å². The van der Waals surface area contributed by atoms with Crippen LogP contribution in [-0.4, -0.2) is 92.4 Å². The van der Waals surface area contributed by atoms with Crippen molar-refractivity contribution in [2.45, 2.75) is 72.6 Å². The second-order valence-corrected chi connectivity index (χ2v) is 18.8. The molecule has 51 heavy (non-hydrogen) atoms. The van der Waals surface area contributed by atoms with Gasteiger partial charge in [-0.05, 0) is 33.7 Å². The molecule has 0 spiro atoms. The van der Waals surface area contributed by atoms with Crippen LogP contribution in [0.5, 0.6) is 0 Å². The molecule has 0 radical (unpaired) electrons. The minimum Gasteiger partial charge on any atom is -0.309 e. The van der Waals surface area contributed by atoms with Crippen LogP contribution in [0.2, 0.25) is 0 Å². The van der Waals surface area contributed by atoms with Gasteiger partial charge >= 0.3 is 92.9 Å². The van der Waals surface area contributed by atoms with Gasteiger partial charge in [0.05, 0.1) is 0 Å². The van der Waals surface area contributed by atoms with E-state index in [-0.39, 0.29) is 0 Å². The van der Waals surface area contributed by atoms with Crippen molar-refractivity contribution in [1.29, 1.82) is 0 Å². The molecule has 0 aromatic heterocycles. The van der Waals surface area contributed by atoms with Gasteiger partial charge in [-0.1, -0.05) is 0 Å². The molecule has 306 valence electrons. The van der Waals surface area contributed by atoms with Crippen molar-refractivity contribution in [2.24, 2.45) is 13.5 Å². The van der Waals surface area contributed by atoms with Crippen molar-refractivity contribution in [1.82, 2.24) is 0 Å². The molecule has 0 fully saturated rings. The van der Waals surface area contributed by atoms with Gasteiger partial charge in [0, 0.05) is 0 Å². The number of hydrogen-bond acceptors (Lipinski definition) is 6. The largest absolute Gasteiger partial charge is 0.380 e. The first-order valence-electron chi connectivity index (χ1n) is 11.3. The predicted molar refractivity (Wildman–Crippen MR) is 126 cm³/mol. The second-order valence-electron chi connectivity index (χ2n) is 9.11. The lowest BCUT2D eigenvalue weighted by Crippen LogP contribution is -2.59. The van der Waals surface area contributed by atoms with Crippen LogP contribution in [0.25, 0.3) is 0 Å². The van der Waals surface area contributed by atoms with Crippen LogP contribution in [0.3, 0.4) is 0 Å². The first kappa shape index (κ1) is 48.8. The zero-order chi connectivity index (χ0) is 41.1. The van der Waals surface area contributed by atoms with Crippen molar-refractivity contribution in [3.8, 4) is 0 Å². The molecule has 1 rings (SSSR count). The number of rotatable bonds is 18. The van der Waals surface area contributed by atoms with Gasteiger partial charge in [0.25, 0.3) is 0 Å². The summed E-state index contributed by atoms with van der Waals surface area (Å²) in [6.45, 7) is -28.9. The maximum Gasteiger partial charge on any atom is 0.380 e. The molecular weight excluding hydrogens is 925 g/mol. The van der Waals surface area contributed by atoms with Crippen LogP contribution in [0, 0.1) is 0 Å². The van der Waals surface area contributed by atoms with Gasteiger partial charge in [-0.15, -0.1) is 0 Å². The zero-order valence-corrected chi connectivity index (χ0v) is 27.4. The molecule has 1 aliphatic heterocycles. The lowest BCUT2D eigenvalue weighted by atomic mass is 10.1. The summed E-state index contributed by atoms with van der Waals surface area (Å²) in [5.74, 6) is -62.3. The Kier molecular flexibility index (Phi) is 14.0. The van der Waals surface area contributed by atoms with Gasteiger partial charge in [-0.25, -0.2) is 26.3 Å². The van der Waals surface area contributed by atoms with Crippen LogP contribution in [0.4, 0.5) is 105 Å². The monoisotopic (exact) mass is 933 g/mol. The molecule has 0 saturated heterocycles. The van der Waals surface area contributed by atoms with Gasteiger partial charge in [0.2, 0.25) is 0 Å². The van der Waals surface area contributed by atoms with Gasteiger partial charge in [0.15, 0.2) is 0 Å². The molecule has 36 heteroatoms. The Balaban J connectivity index is 3.84. The molecule has 6 nitrogen and oxygen atoms in total. The number of hydrogen-bond donors (Lipinski definition) is 0. The summed E-state index contributed by atoms with van der Waals surface area (Å²) in [5, 5.41) is 0. The highest BCUT2D eigenvalue weighted by Crippen LogP contribution is 2.84. The Morgan fingerprint density at radius 1 is 0.373 bits per heavy atom. The molecule has 0 aromatic rings. The van der Waals surface area contributed by atoms with Gasteiger partial charge < -0.3 is 13.6 Å². The minimum absolute atomic E-state index is 2.52. The van der Waals surface area contributed by atoms with E-state index in [1.165, 1.54) is 0 Å². The summed E-state index contributed by atoms with van der Waals surface area (Å²) >= 11 is 16.2. The van der Waals surface area contributed by atoms with Crippen LogP contribution in [-0.2, 0) is 13.6 Å². The molecule has 0 bridgehead atoms. The third kappa shape index (κ3) is 9.25. The van der Waals surface area contributed by atoms with Crippen molar-refractivity contribution in [3.63, 3.8) is 0 Å². The number of halogens is 27. The molecule has 0 unspecified atom stereocenters. The van der Waals surface area contributed by atoms with E-state index in [1.807, 2.05) is 0 Å². The Morgan fingerprint density at radius 2 is 0.529 bits per heavy atom.